The van der Waals surface area contributed by atoms with E-state index in [1.807, 2.05) is 18.2 Å². The number of aromatic nitrogens is 2. The fourth-order valence-electron chi connectivity index (χ4n) is 2.84. The first-order valence-corrected chi connectivity index (χ1v) is 7.57. The molecule has 0 bridgehead atoms. The molecular formula is C15H16ClN3O2. The molecule has 1 saturated carbocycles. The van der Waals surface area contributed by atoms with Gasteiger partial charge in [-0.15, -0.1) is 0 Å². The van der Waals surface area contributed by atoms with Crippen molar-refractivity contribution in [2.75, 3.05) is 19.8 Å². The van der Waals surface area contributed by atoms with Crippen molar-refractivity contribution >= 4 is 11.6 Å². The Kier molecular flexibility index (Phi) is 3.21. The van der Waals surface area contributed by atoms with Gasteiger partial charge in [-0.3, -0.25) is 0 Å². The van der Waals surface area contributed by atoms with E-state index >= 15 is 0 Å². The van der Waals surface area contributed by atoms with Gasteiger partial charge in [0.25, 0.3) is 0 Å². The summed E-state index contributed by atoms with van der Waals surface area (Å²) in [6, 6.07) is 7.92. The highest BCUT2D eigenvalue weighted by Gasteiger charge is 2.51. The largest absolute Gasteiger partial charge is 0.378 e. The molecule has 6 heteroatoms. The molecule has 2 heterocycles. The summed E-state index contributed by atoms with van der Waals surface area (Å²) in [6.07, 6.45) is 2.03. The van der Waals surface area contributed by atoms with Gasteiger partial charge in [0.2, 0.25) is 5.89 Å². The van der Waals surface area contributed by atoms with Crippen LogP contribution in [0.1, 0.15) is 36.2 Å². The number of morpholine rings is 1. The van der Waals surface area contributed by atoms with E-state index < -0.39 is 0 Å². The van der Waals surface area contributed by atoms with E-state index in [0.29, 0.717) is 18.3 Å². The van der Waals surface area contributed by atoms with Crippen molar-refractivity contribution in [3.05, 3.63) is 46.6 Å². The molecule has 2 fully saturated rings. The minimum absolute atomic E-state index is 0.0198. The molecule has 110 valence electrons. The first-order chi connectivity index (χ1) is 10.3. The lowest BCUT2D eigenvalue weighted by molar-refractivity contribution is 0.0734. The maximum absolute atomic E-state index is 6.10. The predicted molar refractivity (Wildman–Crippen MR) is 77.3 cm³/mol. The van der Waals surface area contributed by atoms with Gasteiger partial charge in [-0.2, -0.15) is 4.98 Å². The number of halogens is 1. The quantitative estimate of drug-likeness (QED) is 0.944. The fourth-order valence-corrected chi connectivity index (χ4v) is 3.03. The molecule has 1 aromatic carbocycles. The Balaban J connectivity index is 1.63. The molecule has 0 unspecified atom stereocenters. The molecule has 0 amide bonds. The molecule has 2 aliphatic rings. The Morgan fingerprint density at radius 3 is 2.95 bits per heavy atom. The summed E-state index contributed by atoms with van der Waals surface area (Å²) in [5.74, 6) is 1.37. The highest BCUT2D eigenvalue weighted by atomic mass is 35.5. The molecular weight excluding hydrogens is 290 g/mol. The van der Waals surface area contributed by atoms with Gasteiger partial charge < -0.3 is 14.6 Å². The summed E-state index contributed by atoms with van der Waals surface area (Å²) in [5.41, 5.74) is 1.00. The van der Waals surface area contributed by atoms with Crippen LogP contribution in [0, 0.1) is 0 Å². The first kappa shape index (κ1) is 13.2. The molecule has 1 N–H and O–H groups in total. The van der Waals surface area contributed by atoms with Crippen molar-refractivity contribution in [2.24, 2.45) is 0 Å². The van der Waals surface area contributed by atoms with Gasteiger partial charge in [-0.25, -0.2) is 0 Å². The topological polar surface area (TPSA) is 60.2 Å². The van der Waals surface area contributed by atoms with E-state index in [1.165, 1.54) is 0 Å². The Bertz CT molecular complexity index is 648. The molecule has 1 atom stereocenters. The monoisotopic (exact) mass is 305 g/mol. The third-order valence-electron chi connectivity index (χ3n) is 4.21. The number of benzene rings is 1. The summed E-state index contributed by atoms with van der Waals surface area (Å²) in [5, 5.41) is 8.21. The lowest BCUT2D eigenvalue weighted by atomic mass is 9.96. The second kappa shape index (κ2) is 5.09. The van der Waals surface area contributed by atoms with Crippen LogP contribution in [0.3, 0.4) is 0 Å². The van der Waals surface area contributed by atoms with Crippen molar-refractivity contribution in [3.8, 4) is 0 Å². The van der Waals surface area contributed by atoms with E-state index in [2.05, 4.69) is 21.5 Å². The van der Waals surface area contributed by atoms with E-state index in [-0.39, 0.29) is 11.5 Å². The van der Waals surface area contributed by atoms with Crippen LogP contribution in [0.2, 0.25) is 5.02 Å². The van der Waals surface area contributed by atoms with Crippen LogP contribution in [-0.4, -0.2) is 29.9 Å². The number of nitrogens with zero attached hydrogens (tertiary/aromatic N) is 2. The van der Waals surface area contributed by atoms with Crippen LogP contribution in [0.5, 0.6) is 0 Å². The SMILES string of the molecule is Clc1cccc(C2(c3nc([C@@H]4COCCN4)no3)CC2)c1. The first-order valence-electron chi connectivity index (χ1n) is 7.19. The Hall–Kier alpha value is -1.43. The van der Waals surface area contributed by atoms with Crippen molar-refractivity contribution in [3.63, 3.8) is 0 Å². The van der Waals surface area contributed by atoms with E-state index in [1.54, 1.807) is 0 Å². The van der Waals surface area contributed by atoms with Crippen molar-refractivity contribution in [1.29, 1.82) is 0 Å². The zero-order valence-corrected chi connectivity index (χ0v) is 12.3. The Morgan fingerprint density at radius 2 is 2.24 bits per heavy atom. The predicted octanol–water partition coefficient (Wildman–Crippen LogP) is 2.46. The van der Waals surface area contributed by atoms with Crippen LogP contribution in [-0.2, 0) is 10.2 Å². The number of rotatable bonds is 3. The number of ether oxygens (including phenoxy) is 1. The lowest BCUT2D eigenvalue weighted by Crippen LogP contribution is -2.35. The number of hydrogen-bond donors (Lipinski definition) is 1. The smallest absolute Gasteiger partial charge is 0.237 e. The van der Waals surface area contributed by atoms with Crippen molar-refractivity contribution < 1.29 is 9.26 Å². The summed E-state index contributed by atoms with van der Waals surface area (Å²) >= 11 is 6.10. The van der Waals surface area contributed by atoms with Gasteiger partial charge in [-0.05, 0) is 30.5 Å². The highest BCUT2D eigenvalue weighted by molar-refractivity contribution is 6.30. The molecule has 2 aromatic rings. The average molecular weight is 306 g/mol. The standard InChI is InChI=1S/C15H16ClN3O2/c16-11-3-1-2-10(8-11)15(4-5-15)14-18-13(19-21-14)12-9-20-7-6-17-12/h1-3,8,12,17H,4-7,9H2/t12-/m0/s1. The Labute approximate surface area is 127 Å². The normalized spacial score (nSPS) is 24.0. The Morgan fingerprint density at radius 1 is 1.33 bits per heavy atom. The summed E-state index contributed by atoms with van der Waals surface area (Å²) in [6.45, 7) is 2.13. The zero-order chi connectivity index (χ0) is 14.3. The van der Waals surface area contributed by atoms with E-state index in [9.17, 15) is 0 Å². The maximum Gasteiger partial charge on any atom is 0.237 e. The average Bonchev–Trinajstić information content (AvgIpc) is 3.19. The second-order valence-electron chi connectivity index (χ2n) is 5.63. The summed E-state index contributed by atoms with van der Waals surface area (Å²) < 4.78 is 11.0. The van der Waals surface area contributed by atoms with E-state index in [4.69, 9.17) is 20.9 Å². The molecule has 0 radical (unpaired) electrons. The third-order valence-corrected chi connectivity index (χ3v) is 4.45. The summed E-state index contributed by atoms with van der Waals surface area (Å²) in [4.78, 5) is 4.61. The van der Waals surface area contributed by atoms with Gasteiger partial charge in [0.1, 0.15) is 0 Å². The van der Waals surface area contributed by atoms with Crippen LogP contribution >= 0.6 is 11.6 Å². The fraction of sp³-hybridized carbons (Fsp3) is 0.467. The molecule has 1 aliphatic heterocycles. The summed E-state index contributed by atoms with van der Waals surface area (Å²) in [7, 11) is 0. The van der Waals surface area contributed by atoms with Gasteiger partial charge in [0.15, 0.2) is 5.82 Å². The zero-order valence-electron chi connectivity index (χ0n) is 11.5. The van der Waals surface area contributed by atoms with Gasteiger partial charge in [-0.1, -0.05) is 28.9 Å². The number of hydrogen-bond acceptors (Lipinski definition) is 5. The van der Waals surface area contributed by atoms with Crippen LogP contribution in [0.25, 0.3) is 0 Å². The molecule has 1 saturated heterocycles. The number of nitrogens with one attached hydrogen (secondary N) is 1. The molecule has 4 rings (SSSR count). The van der Waals surface area contributed by atoms with Crippen molar-refractivity contribution in [1.82, 2.24) is 15.5 Å². The van der Waals surface area contributed by atoms with Crippen molar-refractivity contribution in [2.45, 2.75) is 24.3 Å². The van der Waals surface area contributed by atoms with Crippen LogP contribution in [0.4, 0.5) is 0 Å². The minimum Gasteiger partial charge on any atom is -0.378 e. The molecule has 1 aliphatic carbocycles. The van der Waals surface area contributed by atoms with E-state index in [0.717, 1.165) is 36.6 Å². The molecule has 0 spiro atoms. The second-order valence-corrected chi connectivity index (χ2v) is 6.07. The van der Waals surface area contributed by atoms with Crippen LogP contribution < -0.4 is 5.32 Å². The van der Waals surface area contributed by atoms with Crippen LogP contribution in [0.15, 0.2) is 28.8 Å². The lowest BCUT2D eigenvalue weighted by Gasteiger charge is -2.20. The third kappa shape index (κ3) is 2.35. The highest BCUT2D eigenvalue weighted by Crippen LogP contribution is 2.53. The molecule has 1 aromatic heterocycles. The van der Waals surface area contributed by atoms with Gasteiger partial charge >= 0.3 is 0 Å². The maximum atomic E-state index is 6.10. The van der Waals surface area contributed by atoms with Gasteiger partial charge in [0, 0.05) is 11.6 Å². The minimum atomic E-state index is -0.147. The van der Waals surface area contributed by atoms with Gasteiger partial charge in [0.05, 0.1) is 24.7 Å². The molecule has 21 heavy (non-hydrogen) atoms. The molecule has 5 nitrogen and oxygen atoms in total.